The Morgan fingerprint density at radius 1 is 1.35 bits per heavy atom. The highest BCUT2D eigenvalue weighted by Crippen LogP contribution is 2.14. The Morgan fingerprint density at radius 2 is 2.19 bits per heavy atom. The highest BCUT2D eigenvalue weighted by molar-refractivity contribution is 14.0. The lowest BCUT2D eigenvalue weighted by Crippen LogP contribution is -2.38. The number of hydrogen-bond acceptors (Lipinski definition) is 3. The Kier molecular flexibility index (Phi) is 11.3. The number of amides is 1. The van der Waals surface area contributed by atoms with Crippen molar-refractivity contribution >= 4 is 35.8 Å². The third kappa shape index (κ3) is 7.90. The van der Waals surface area contributed by atoms with Gasteiger partial charge >= 0.3 is 0 Å². The first-order valence-electron chi connectivity index (χ1n) is 9.17. The Bertz CT molecular complexity index is 574. The van der Waals surface area contributed by atoms with Crippen LogP contribution in [0.25, 0.3) is 0 Å². The van der Waals surface area contributed by atoms with Crippen molar-refractivity contribution in [3.63, 3.8) is 0 Å². The summed E-state index contributed by atoms with van der Waals surface area (Å²) < 4.78 is 5.63. The van der Waals surface area contributed by atoms with Gasteiger partial charge in [0.15, 0.2) is 5.96 Å². The number of benzene rings is 1. The summed E-state index contributed by atoms with van der Waals surface area (Å²) in [5.74, 6) is 0.779. The molecule has 0 radical (unpaired) electrons. The lowest BCUT2D eigenvalue weighted by Gasteiger charge is -2.12. The molecular formula is C19H31IN4O2. The van der Waals surface area contributed by atoms with Crippen molar-refractivity contribution in [1.29, 1.82) is 0 Å². The number of nitrogens with one attached hydrogen (secondary N) is 3. The van der Waals surface area contributed by atoms with E-state index in [1.807, 2.05) is 24.3 Å². The summed E-state index contributed by atoms with van der Waals surface area (Å²) in [5.41, 5.74) is 1.82. The lowest BCUT2D eigenvalue weighted by atomic mass is 10.1. The number of halogens is 1. The van der Waals surface area contributed by atoms with Crippen LogP contribution in [0.2, 0.25) is 0 Å². The standard InChI is InChI=1S/C19H30N4O2.HI/c1-3-21-19(23-12-10-17-8-5-13-25-17)22-11-9-15-6-4-7-16(14-15)18(24)20-2;/h4,6-7,14,17H,3,5,8-13H2,1-2H3,(H,20,24)(H2,21,22,23);1H. The van der Waals surface area contributed by atoms with Crippen molar-refractivity contribution < 1.29 is 9.53 Å². The van der Waals surface area contributed by atoms with Gasteiger partial charge in [-0.3, -0.25) is 9.79 Å². The molecule has 1 heterocycles. The van der Waals surface area contributed by atoms with Crippen molar-refractivity contribution in [3.05, 3.63) is 35.4 Å². The molecule has 1 amide bonds. The van der Waals surface area contributed by atoms with Crippen molar-refractivity contribution in [2.75, 3.05) is 33.3 Å². The largest absolute Gasteiger partial charge is 0.378 e. The number of guanidine groups is 1. The second-order valence-corrected chi connectivity index (χ2v) is 6.14. The maximum atomic E-state index is 11.7. The first-order chi connectivity index (χ1) is 12.2. The molecule has 0 aromatic heterocycles. The zero-order valence-electron chi connectivity index (χ0n) is 15.7. The molecule has 1 aliphatic rings. The van der Waals surface area contributed by atoms with Crippen LogP contribution in [0.5, 0.6) is 0 Å². The van der Waals surface area contributed by atoms with Crippen molar-refractivity contribution in [3.8, 4) is 0 Å². The minimum Gasteiger partial charge on any atom is -0.378 e. The fraction of sp³-hybridized carbons (Fsp3) is 0.579. The van der Waals surface area contributed by atoms with Gasteiger partial charge in [0.05, 0.1) is 6.10 Å². The molecule has 0 aliphatic carbocycles. The van der Waals surface area contributed by atoms with Crippen LogP contribution in [0.4, 0.5) is 0 Å². The van der Waals surface area contributed by atoms with E-state index in [0.717, 1.165) is 57.0 Å². The zero-order valence-corrected chi connectivity index (χ0v) is 18.0. The van der Waals surface area contributed by atoms with Gasteiger partial charge in [-0.2, -0.15) is 0 Å². The SMILES string of the molecule is CCNC(=NCCC1CCCO1)NCCc1cccc(C(=O)NC)c1.I. The molecule has 146 valence electrons. The number of ether oxygens (including phenoxy) is 1. The van der Waals surface area contributed by atoms with Gasteiger partial charge in [-0.1, -0.05) is 12.1 Å². The molecule has 1 fully saturated rings. The lowest BCUT2D eigenvalue weighted by molar-refractivity contribution is 0.0963. The number of carbonyl (C=O) groups is 1. The molecule has 6 nitrogen and oxygen atoms in total. The normalized spacial score (nSPS) is 16.7. The van der Waals surface area contributed by atoms with Gasteiger partial charge < -0.3 is 20.7 Å². The average Bonchev–Trinajstić information content (AvgIpc) is 3.15. The number of rotatable bonds is 8. The number of hydrogen-bond donors (Lipinski definition) is 3. The van der Waals surface area contributed by atoms with Crippen molar-refractivity contribution in [2.45, 2.75) is 38.7 Å². The van der Waals surface area contributed by atoms with E-state index in [4.69, 9.17) is 4.74 Å². The summed E-state index contributed by atoms with van der Waals surface area (Å²) in [7, 11) is 1.65. The molecule has 0 bridgehead atoms. The van der Waals surface area contributed by atoms with Gasteiger partial charge in [-0.25, -0.2) is 0 Å². The minimum absolute atomic E-state index is 0. The summed E-state index contributed by atoms with van der Waals surface area (Å²) in [5, 5.41) is 9.27. The number of aliphatic imine (C=N–C) groups is 1. The average molecular weight is 474 g/mol. The Hall–Kier alpha value is -1.35. The smallest absolute Gasteiger partial charge is 0.251 e. The molecule has 1 aromatic carbocycles. The molecule has 1 unspecified atom stereocenters. The van der Waals surface area contributed by atoms with E-state index in [1.54, 1.807) is 7.05 Å². The Labute approximate surface area is 173 Å². The van der Waals surface area contributed by atoms with Crippen LogP contribution in [0, 0.1) is 0 Å². The van der Waals surface area contributed by atoms with Crippen molar-refractivity contribution in [1.82, 2.24) is 16.0 Å². The monoisotopic (exact) mass is 474 g/mol. The van der Waals surface area contributed by atoms with Crippen LogP contribution in [-0.2, 0) is 11.2 Å². The molecule has 3 N–H and O–H groups in total. The van der Waals surface area contributed by atoms with Crippen LogP contribution in [0.1, 0.15) is 42.1 Å². The van der Waals surface area contributed by atoms with Gasteiger partial charge in [0.1, 0.15) is 0 Å². The van der Waals surface area contributed by atoms with E-state index in [0.29, 0.717) is 11.7 Å². The summed E-state index contributed by atoms with van der Waals surface area (Å²) in [6, 6.07) is 7.71. The maximum absolute atomic E-state index is 11.7. The summed E-state index contributed by atoms with van der Waals surface area (Å²) >= 11 is 0. The first kappa shape index (κ1) is 22.7. The molecule has 7 heteroatoms. The van der Waals surface area contributed by atoms with Gasteiger partial charge in [0.2, 0.25) is 0 Å². The summed E-state index contributed by atoms with van der Waals surface area (Å²) in [6.07, 6.45) is 4.51. The van der Waals surface area contributed by atoms with Gasteiger partial charge in [0.25, 0.3) is 5.91 Å². The molecular weight excluding hydrogens is 443 g/mol. The second kappa shape index (κ2) is 12.9. The molecule has 1 saturated heterocycles. The van der Waals surface area contributed by atoms with E-state index in [1.165, 1.54) is 6.42 Å². The Balaban J connectivity index is 0.00000338. The van der Waals surface area contributed by atoms with Crippen LogP contribution in [-0.4, -0.2) is 51.3 Å². The van der Waals surface area contributed by atoms with E-state index in [2.05, 4.69) is 27.9 Å². The summed E-state index contributed by atoms with van der Waals surface area (Å²) in [4.78, 5) is 16.3. The van der Waals surface area contributed by atoms with Gasteiger partial charge in [0, 0.05) is 38.9 Å². The molecule has 2 rings (SSSR count). The van der Waals surface area contributed by atoms with E-state index in [9.17, 15) is 4.79 Å². The molecule has 1 atom stereocenters. The third-order valence-electron chi connectivity index (χ3n) is 4.21. The molecule has 0 spiro atoms. The summed E-state index contributed by atoms with van der Waals surface area (Å²) in [6.45, 7) is 5.32. The highest BCUT2D eigenvalue weighted by atomic mass is 127. The minimum atomic E-state index is -0.0566. The van der Waals surface area contributed by atoms with Gasteiger partial charge in [-0.05, 0) is 50.3 Å². The highest BCUT2D eigenvalue weighted by Gasteiger charge is 2.14. The zero-order chi connectivity index (χ0) is 17.9. The Morgan fingerprint density at radius 3 is 2.88 bits per heavy atom. The van der Waals surface area contributed by atoms with Gasteiger partial charge in [-0.15, -0.1) is 24.0 Å². The maximum Gasteiger partial charge on any atom is 0.251 e. The second-order valence-electron chi connectivity index (χ2n) is 6.14. The molecule has 0 saturated carbocycles. The third-order valence-corrected chi connectivity index (χ3v) is 4.21. The molecule has 26 heavy (non-hydrogen) atoms. The number of carbonyl (C=O) groups excluding carboxylic acids is 1. The van der Waals surface area contributed by atoms with Crippen molar-refractivity contribution in [2.24, 2.45) is 4.99 Å². The topological polar surface area (TPSA) is 74.8 Å². The number of nitrogens with zero attached hydrogens (tertiary/aromatic N) is 1. The van der Waals surface area contributed by atoms with Crippen LogP contribution < -0.4 is 16.0 Å². The fourth-order valence-corrected chi connectivity index (χ4v) is 2.87. The fourth-order valence-electron chi connectivity index (χ4n) is 2.87. The predicted octanol–water partition coefficient (Wildman–Crippen LogP) is 2.33. The van der Waals surface area contributed by atoms with Crippen LogP contribution in [0.3, 0.4) is 0 Å². The molecule has 1 aliphatic heterocycles. The van der Waals surface area contributed by atoms with E-state index < -0.39 is 0 Å². The quantitative estimate of drug-likeness (QED) is 0.307. The van der Waals surface area contributed by atoms with E-state index >= 15 is 0 Å². The first-order valence-corrected chi connectivity index (χ1v) is 9.17. The predicted molar refractivity (Wildman–Crippen MR) is 117 cm³/mol. The van der Waals surface area contributed by atoms with E-state index in [-0.39, 0.29) is 29.9 Å². The van der Waals surface area contributed by atoms with Crippen LogP contribution in [0.15, 0.2) is 29.3 Å². The van der Waals surface area contributed by atoms with Crippen LogP contribution >= 0.6 is 24.0 Å². The molecule has 1 aromatic rings.